The van der Waals surface area contributed by atoms with E-state index >= 15 is 0 Å². The minimum absolute atomic E-state index is 0. The van der Waals surface area contributed by atoms with E-state index < -0.39 is 11.6 Å². The molecule has 2 aromatic rings. The van der Waals surface area contributed by atoms with Crippen molar-refractivity contribution in [1.29, 1.82) is 0 Å². The van der Waals surface area contributed by atoms with Gasteiger partial charge in [-0.2, -0.15) is 0 Å². The maximum Gasteiger partial charge on any atom is 0.201 e. The van der Waals surface area contributed by atoms with Crippen molar-refractivity contribution in [2.75, 3.05) is 27.7 Å². The van der Waals surface area contributed by atoms with Crippen LogP contribution in [0.5, 0.6) is 17.2 Å². The summed E-state index contributed by atoms with van der Waals surface area (Å²) in [6.07, 6.45) is 18.7. The highest BCUT2D eigenvalue weighted by molar-refractivity contribution is 6.30. The van der Waals surface area contributed by atoms with Gasteiger partial charge in [0, 0.05) is 22.8 Å². The highest BCUT2D eigenvalue weighted by Crippen LogP contribution is 2.39. The molecule has 0 aromatic heterocycles. The second kappa shape index (κ2) is 16.9. The van der Waals surface area contributed by atoms with Crippen LogP contribution in [-0.4, -0.2) is 54.0 Å². The molecule has 3 rings (SSSR count). The zero-order chi connectivity index (χ0) is 29.1. The molecule has 2 aromatic carbocycles. The maximum atomic E-state index is 13.3. The summed E-state index contributed by atoms with van der Waals surface area (Å²) >= 11 is 0. The molecule has 0 aliphatic heterocycles. The molecule has 41 heavy (non-hydrogen) atoms. The van der Waals surface area contributed by atoms with Crippen molar-refractivity contribution in [3.8, 4) is 17.2 Å². The Morgan fingerprint density at radius 3 is 1.63 bits per heavy atom. The number of ether oxygens (including phenoxy) is 1. The summed E-state index contributed by atoms with van der Waals surface area (Å²) in [7, 11) is 5.75. The largest absolute Gasteiger partial charge is 1.00 e. The van der Waals surface area contributed by atoms with Crippen molar-refractivity contribution in [2.24, 2.45) is 0 Å². The van der Waals surface area contributed by atoms with Gasteiger partial charge in [0.15, 0.2) is 5.78 Å². The lowest BCUT2D eigenvalue weighted by atomic mass is 9.82. The molecule has 0 saturated heterocycles. The van der Waals surface area contributed by atoms with Gasteiger partial charge in [-0.05, 0) is 31.0 Å². The van der Waals surface area contributed by atoms with Crippen LogP contribution >= 0.6 is 0 Å². The number of rotatable bonds is 18. The first-order chi connectivity index (χ1) is 19.2. The number of hydrogen-bond acceptors (Lipinski definition) is 5. The van der Waals surface area contributed by atoms with Gasteiger partial charge in [0.2, 0.25) is 5.78 Å². The number of benzene rings is 2. The molecule has 1 aliphatic carbocycles. The third kappa shape index (κ3) is 9.85. The summed E-state index contributed by atoms with van der Waals surface area (Å²) in [4.78, 5) is 26.5. The van der Waals surface area contributed by atoms with Crippen LogP contribution in [-0.2, 0) is 6.54 Å². The Morgan fingerprint density at radius 2 is 1.12 bits per heavy atom. The lowest BCUT2D eigenvalue weighted by Crippen LogP contribution is -3.00. The van der Waals surface area contributed by atoms with Crippen LogP contribution in [0.4, 0.5) is 0 Å². The van der Waals surface area contributed by atoms with Crippen molar-refractivity contribution >= 4 is 11.6 Å². The molecule has 228 valence electrons. The summed E-state index contributed by atoms with van der Waals surface area (Å²) in [5.41, 5.74) is 0.955. The predicted octanol–water partition coefficient (Wildman–Crippen LogP) is 4.94. The predicted molar refractivity (Wildman–Crippen MR) is 161 cm³/mol. The Balaban J connectivity index is 0.00000588. The van der Waals surface area contributed by atoms with Crippen molar-refractivity contribution in [3.05, 3.63) is 52.1 Å². The Kier molecular flexibility index (Phi) is 14.4. The quantitative estimate of drug-likeness (QED) is 0.153. The van der Waals surface area contributed by atoms with Crippen molar-refractivity contribution in [1.82, 2.24) is 0 Å². The lowest BCUT2D eigenvalue weighted by molar-refractivity contribution is -0.903. The molecule has 0 saturated carbocycles. The Bertz CT molecular complexity index is 1160. The number of phenols is 2. The van der Waals surface area contributed by atoms with Crippen LogP contribution in [0.15, 0.2) is 24.3 Å². The van der Waals surface area contributed by atoms with Crippen LogP contribution in [0.2, 0.25) is 0 Å². The van der Waals surface area contributed by atoms with E-state index in [4.69, 9.17) is 4.74 Å². The normalized spacial score (nSPS) is 12.6. The summed E-state index contributed by atoms with van der Waals surface area (Å²) in [6, 6.07) is 6.08. The Hall–Kier alpha value is -2.38. The first-order valence-corrected chi connectivity index (χ1v) is 15.4. The van der Waals surface area contributed by atoms with Gasteiger partial charge in [-0.15, -0.1) is 0 Å². The molecule has 0 heterocycles. The van der Waals surface area contributed by atoms with E-state index in [1.807, 2.05) is 0 Å². The van der Waals surface area contributed by atoms with Crippen molar-refractivity contribution in [3.63, 3.8) is 0 Å². The Morgan fingerprint density at radius 1 is 0.659 bits per heavy atom. The fraction of sp³-hybridized carbons (Fsp3) is 0.588. The average molecular weight is 633 g/mol. The number of hydrogen-bond donors (Lipinski definition) is 2. The highest BCUT2D eigenvalue weighted by atomic mass is 79.9. The monoisotopic (exact) mass is 631 g/mol. The molecule has 0 spiro atoms. The maximum absolute atomic E-state index is 13.3. The van der Waals surface area contributed by atoms with E-state index in [1.165, 1.54) is 103 Å². The minimum Gasteiger partial charge on any atom is -1.00 e. The molecule has 0 atom stereocenters. The van der Waals surface area contributed by atoms with Crippen molar-refractivity contribution in [2.45, 2.75) is 103 Å². The number of carbonyl (C=O) groups is 2. The van der Waals surface area contributed by atoms with E-state index in [9.17, 15) is 19.8 Å². The third-order valence-electron chi connectivity index (χ3n) is 8.18. The van der Waals surface area contributed by atoms with Gasteiger partial charge in [-0.1, -0.05) is 84.0 Å². The molecule has 7 heteroatoms. The van der Waals surface area contributed by atoms with Gasteiger partial charge in [0.25, 0.3) is 0 Å². The summed E-state index contributed by atoms with van der Waals surface area (Å²) in [5, 5.41) is 21.1. The highest BCUT2D eigenvalue weighted by Gasteiger charge is 2.35. The molecular formula is C34H50BrNO5. The summed E-state index contributed by atoms with van der Waals surface area (Å²) in [6.45, 7) is 3.90. The van der Waals surface area contributed by atoms with Crippen LogP contribution in [0.1, 0.15) is 134 Å². The van der Waals surface area contributed by atoms with Crippen molar-refractivity contribution < 1.29 is 46.0 Å². The van der Waals surface area contributed by atoms with E-state index in [0.29, 0.717) is 12.3 Å². The van der Waals surface area contributed by atoms with Crippen LogP contribution in [0.25, 0.3) is 0 Å². The van der Waals surface area contributed by atoms with Crippen LogP contribution < -0.4 is 21.7 Å². The van der Waals surface area contributed by atoms with Gasteiger partial charge in [0.05, 0.1) is 38.9 Å². The number of methoxy groups -OCH3 is 1. The zero-order valence-electron chi connectivity index (χ0n) is 25.6. The minimum atomic E-state index is -0.551. The standard InChI is InChI=1S/C34H49NO5.BrH/c1-5-6-7-8-9-10-11-12-13-14-15-16-17-18-19-35(2,3)24-25-20-27-31(29(36)21-25)34(39)32-28(33(27)38)22-26(40-4)23-30(32)37;/h20-23H,5-19,24H2,1-4H3,(H-,36,37,39);1H. The first kappa shape index (κ1) is 34.8. The molecule has 0 unspecified atom stereocenters. The fourth-order valence-electron chi connectivity index (χ4n) is 5.91. The number of nitrogens with zero attached hydrogens (tertiary/aromatic N) is 1. The number of fused-ring (bicyclic) bond motifs is 2. The number of quaternary nitrogens is 1. The molecule has 2 N–H and O–H groups in total. The zero-order valence-corrected chi connectivity index (χ0v) is 27.2. The number of unbranched alkanes of at least 4 members (excludes halogenated alkanes) is 13. The van der Waals surface area contributed by atoms with Gasteiger partial charge < -0.3 is 36.4 Å². The number of carbonyl (C=O) groups excluding carboxylic acids is 2. The SMILES string of the molecule is CCCCCCCCCCCCCCCC[N+](C)(C)Cc1cc(O)c2c(c1)C(=O)c1cc(OC)cc(O)c1C2=O.[Br-]. The van der Waals surface area contributed by atoms with E-state index in [0.717, 1.165) is 23.0 Å². The number of phenolic OH excluding ortho intramolecular Hbond substituents is 2. The number of ketones is 2. The number of halogens is 1. The second-order valence-corrected chi connectivity index (χ2v) is 12.2. The number of aromatic hydroxyl groups is 2. The van der Waals surface area contributed by atoms with Gasteiger partial charge >= 0.3 is 0 Å². The molecule has 6 nitrogen and oxygen atoms in total. The van der Waals surface area contributed by atoms with Gasteiger partial charge in [0.1, 0.15) is 23.8 Å². The molecule has 0 radical (unpaired) electrons. The first-order valence-electron chi connectivity index (χ1n) is 15.4. The van der Waals surface area contributed by atoms with Gasteiger partial charge in [-0.3, -0.25) is 9.59 Å². The smallest absolute Gasteiger partial charge is 0.201 e. The van der Waals surface area contributed by atoms with Crippen LogP contribution in [0, 0.1) is 0 Å². The lowest BCUT2D eigenvalue weighted by Gasteiger charge is -2.30. The van der Waals surface area contributed by atoms with Gasteiger partial charge in [-0.25, -0.2) is 0 Å². The van der Waals surface area contributed by atoms with E-state index in [1.54, 1.807) is 12.1 Å². The Labute approximate surface area is 257 Å². The average Bonchev–Trinajstić information content (AvgIpc) is 2.90. The molecule has 1 aliphatic rings. The molecule has 0 bridgehead atoms. The third-order valence-corrected chi connectivity index (χ3v) is 8.18. The van der Waals surface area contributed by atoms with Crippen LogP contribution in [0.3, 0.4) is 0 Å². The molecule has 0 fully saturated rings. The molecule has 0 amide bonds. The van der Waals surface area contributed by atoms with E-state index in [-0.39, 0.29) is 50.7 Å². The summed E-state index contributed by atoms with van der Waals surface area (Å²) in [5.74, 6) is -1.19. The second-order valence-electron chi connectivity index (χ2n) is 12.2. The fourth-order valence-corrected chi connectivity index (χ4v) is 5.91. The summed E-state index contributed by atoms with van der Waals surface area (Å²) < 4.78 is 5.90. The molecular weight excluding hydrogens is 582 g/mol. The topological polar surface area (TPSA) is 83.8 Å². The van der Waals surface area contributed by atoms with E-state index in [2.05, 4.69) is 21.0 Å².